The smallest absolute Gasteiger partial charge is 0.159 e. The van der Waals surface area contributed by atoms with Crippen LogP contribution in [0, 0.1) is 0 Å². The largest absolute Gasteiger partial charge is 0.455 e. The molecular formula is C49H31N3OS. The van der Waals surface area contributed by atoms with Crippen LogP contribution < -0.4 is 5.32 Å². The molecule has 0 saturated heterocycles. The molecule has 1 aliphatic rings. The monoisotopic (exact) mass is 709 g/mol. The van der Waals surface area contributed by atoms with Crippen LogP contribution in [0.4, 0.5) is 0 Å². The van der Waals surface area contributed by atoms with Gasteiger partial charge < -0.3 is 9.73 Å². The van der Waals surface area contributed by atoms with Gasteiger partial charge in [-0.15, -0.1) is 11.3 Å². The lowest BCUT2D eigenvalue weighted by molar-refractivity contribution is 0.663. The number of hydrogen-bond donors (Lipinski definition) is 1. The highest BCUT2D eigenvalue weighted by molar-refractivity contribution is 7.26. The molecular weight excluding hydrogens is 679 g/mol. The Labute approximate surface area is 315 Å². The van der Waals surface area contributed by atoms with Gasteiger partial charge in [-0.25, -0.2) is 9.98 Å². The summed E-state index contributed by atoms with van der Waals surface area (Å²) in [4.78, 5) is 10.4. The van der Waals surface area contributed by atoms with Crippen LogP contribution in [0.25, 0.3) is 75.1 Å². The lowest BCUT2D eigenvalue weighted by Crippen LogP contribution is -2.33. The second kappa shape index (κ2) is 12.4. The van der Waals surface area contributed by atoms with Gasteiger partial charge in [0.05, 0.1) is 0 Å². The molecule has 1 unspecified atom stereocenters. The SMILES string of the molecule is c1ccc(C2=NC(c3ccc(-c4ccc5sc6ccc7ccccc7c6c5c4)c4oc5ccccc5c34)NC(c3ccc(-c4ccccc4)cc3)=N2)cc1. The van der Waals surface area contributed by atoms with Crippen LogP contribution >= 0.6 is 11.3 Å². The average molecular weight is 710 g/mol. The summed E-state index contributed by atoms with van der Waals surface area (Å²) < 4.78 is 9.37. The molecule has 0 amide bonds. The molecule has 4 nitrogen and oxygen atoms in total. The number of para-hydroxylation sites is 1. The van der Waals surface area contributed by atoms with Crippen molar-refractivity contribution in [3.63, 3.8) is 0 Å². The third-order valence-electron chi connectivity index (χ3n) is 10.6. The fourth-order valence-corrected chi connectivity index (χ4v) is 9.05. The Morgan fingerprint density at radius 2 is 1.17 bits per heavy atom. The third-order valence-corrected chi connectivity index (χ3v) is 11.7. The predicted molar refractivity (Wildman–Crippen MR) is 227 cm³/mol. The highest BCUT2D eigenvalue weighted by atomic mass is 32.1. The maximum atomic E-state index is 6.80. The third kappa shape index (κ3) is 5.05. The Morgan fingerprint density at radius 3 is 2.00 bits per heavy atom. The lowest BCUT2D eigenvalue weighted by atomic mass is 9.95. The highest BCUT2D eigenvalue weighted by Gasteiger charge is 2.26. The Balaban J connectivity index is 1.07. The van der Waals surface area contributed by atoms with Gasteiger partial charge in [-0.2, -0.15) is 0 Å². The first kappa shape index (κ1) is 30.8. The molecule has 0 radical (unpaired) electrons. The van der Waals surface area contributed by atoms with Crippen molar-refractivity contribution in [1.82, 2.24) is 5.32 Å². The van der Waals surface area contributed by atoms with E-state index < -0.39 is 6.17 Å². The number of benzene rings is 8. The summed E-state index contributed by atoms with van der Waals surface area (Å²) >= 11 is 1.85. The molecule has 54 heavy (non-hydrogen) atoms. The number of rotatable bonds is 5. The summed E-state index contributed by atoms with van der Waals surface area (Å²) in [6, 6.07) is 62.0. The van der Waals surface area contributed by atoms with E-state index in [1.165, 1.54) is 36.5 Å². The van der Waals surface area contributed by atoms with Gasteiger partial charge in [0.1, 0.15) is 23.2 Å². The quantitative estimate of drug-likeness (QED) is 0.193. The van der Waals surface area contributed by atoms with Gasteiger partial charge in [-0.05, 0) is 51.7 Å². The molecule has 0 fully saturated rings. The molecule has 0 bridgehead atoms. The molecule has 3 heterocycles. The number of aliphatic imine (C=N–C) groups is 2. The van der Waals surface area contributed by atoms with Crippen molar-refractivity contribution in [3.05, 3.63) is 193 Å². The Morgan fingerprint density at radius 1 is 0.500 bits per heavy atom. The maximum absolute atomic E-state index is 6.80. The van der Waals surface area contributed by atoms with E-state index in [1.54, 1.807) is 0 Å². The van der Waals surface area contributed by atoms with Crippen LogP contribution in [0.5, 0.6) is 0 Å². The first-order valence-corrected chi connectivity index (χ1v) is 19.0. The number of nitrogens with zero attached hydrogens (tertiary/aromatic N) is 2. The van der Waals surface area contributed by atoms with Crippen molar-refractivity contribution in [3.8, 4) is 22.3 Å². The van der Waals surface area contributed by atoms with Crippen LogP contribution in [0.2, 0.25) is 0 Å². The predicted octanol–water partition coefficient (Wildman–Crippen LogP) is 12.9. The van der Waals surface area contributed by atoms with E-state index in [4.69, 9.17) is 14.4 Å². The minimum absolute atomic E-state index is 0.409. The fraction of sp³-hybridized carbons (Fsp3) is 0.0204. The zero-order valence-electron chi connectivity index (χ0n) is 29.0. The van der Waals surface area contributed by atoms with Gasteiger partial charge in [0, 0.05) is 53.2 Å². The van der Waals surface area contributed by atoms with Gasteiger partial charge in [-0.3, -0.25) is 0 Å². The van der Waals surface area contributed by atoms with E-state index >= 15 is 0 Å². The first-order chi connectivity index (χ1) is 26.7. The molecule has 1 N–H and O–H groups in total. The lowest BCUT2D eigenvalue weighted by Gasteiger charge is -2.24. The van der Waals surface area contributed by atoms with Crippen molar-refractivity contribution in [2.75, 3.05) is 0 Å². The molecule has 254 valence electrons. The van der Waals surface area contributed by atoms with Gasteiger partial charge in [-0.1, -0.05) is 152 Å². The Hall–Kier alpha value is -6.82. The summed E-state index contributed by atoms with van der Waals surface area (Å²) in [5.41, 5.74) is 9.22. The topological polar surface area (TPSA) is 49.9 Å². The van der Waals surface area contributed by atoms with Crippen LogP contribution in [0.15, 0.2) is 190 Å². The molecule has 0 saturated carbocycles. The first-order valence-electron chi connectivity index (χ1n) is 18.2. The molecule has 1 atom stereocenters. The van der Waals surface area contributed by atoms with Crippen molar-refractivity contribution in [2.45, 2.75) is 6.17 Å². The molecule has 10 aromatic rings. The fourth-order valence-electron chi connectivity index (χ4n) is 7.95. The second-order valence-corrected chi connectivity index (χ2v) is 14.8. The second-order valence-electron chi connectivity index (χ2n) is 13.7. The van der Waals surface area contributed by atoms with Gasteiger partial charge in [0.2, 0.25) is 0 Å². The average Bonchev–Trinajstić information content (AvgIpc) is 3.83. The number of fused-ring (bicyclic) bond motifs is 8. The van der Waals surface area contributed by atoms with Gasteiger partial charge >= 0.3 is 0 Å². The van der Waals surface area contributed by atoms with E-state index in [0.29, 0.717) is 5.84 Å². The molecule has 8 aromatic carbocycles. The maximum Gasteiger partial charge on any atom is 0.159 e. The van der Waals surface area contributed by atoms with Crippen LogP contribution in [-0.4, -0.2) is 11.7 Å². The van der Waals surface area contributed by atoms with Crippen molar-refractivity contribution < 1.29 is 4.42 Å². The molecule has 5 heteroatoms. The number of furan rings is 1. The minimum Gasteiger partial charge on any atom is -0.455 e. The van der Waals surface area contributed by atoms with E-state index in [1.807, 2.05) is 41.7 Å². The summed E-state index contributed by atoms with van der Waals surface area (Å²) in [6.07, 6.45) is -0.409. The number of thiophene rings is 1. The van der Waals surface area contributed by atoms with Gasteiger partial charge in [0.15, 0.2) is 5.84 Å². The zero-order chi connectivity index (χ0) is 35.6. The molecule has 2 aromatic heterocycles. The number of nitrogens with one attached hydrogen (secondary N) is 1. The summed E-state index contributed by atoms with van der Waals surface area (Å²) in [6.45, 7) is 0. The van der Waals surface area contributed by atoms with Crippen molar-refractivity contribution >= 4 is 75.9 Å². The summed E-state index contributed by atoms with van der Waals surface area (Å²) in [5, 5.41) is 11.0. The number of amidine groups is 2. The van der Waals surface area contributed by atoms with E-state index in [9.17, 15) is 0 Å². The standard InChI is InChI=1S/C49H31N3OS/c1-3-11-30(12-4-1)31-19-21-34(22-20-31)48-50-47(33-14-5-2-6-15-33)51-49(52-48)39-26-25-37(46-45(39)38-17-9-10-18-41(38)53-46)35-24-27-42-40(29-35)44-36-16-8-7-13-32(36)23-28-43(44)54-42/h1-29,49H,(H,50,51,52). The van der Waals surface area contributed by atoms with Crippen LogP contribution in [-0.2, 0) is 0 Å². The minimum atomic E-state index is -0.409. The Bertz CT molecular complexity index is 3120. The van der Waals surface area contributed by atoms with E-state index in [-0.39, 0.29) is 0 Å². The summed E-state index contributed by atoms with van der Waals surface area (Å²) in [7, 11) is 0. The molecule has 0 spiro atoms. The normalized spacial score (nSPS) is 14.5. The van der Waals surface area contributed by atoms with Crippen molar-refractivity contribution in [1.29, 1.82) is 0 Å². The number of hydrogen-bond acceptors (Lipinski definition) is 5. The molecule has 1 aliphatic heterocycles. The van der Waals surface area contributed by atoms with Crippen LogP contribution in [0.1, 0.15) is 22.9 Å². The zero-order valence-corrected chi connectivity index (χ0v) is 29.8. The summed E-state index contributed by atoms with van der Waals surface area (Å²) in [5.74, 6) is 1.47. The van der Waals surface area contributed by atoms with E-state index in [2.05, 4.69) is 151 Å². The van der Waals surface area contributed by atoms with Crippen LogP contribution in [0.3, 0.4) is 0 Å². The van der Waals surface area contributed by atoms with Crippen molar-refractivity contribution in [2.24, 2.45) is 9.98 Å². The molecule has 11 rings (SSSR count). The highest BCUT2D eigenvalue weighted by Crippen LogP contribution is 2.44. The molecule has 0 aliphatic carbocycles. The van der Waals surface area contributed by atoms with Gasteiger partial charge in [0.25, 0.3) is 0 Å². The Kier molecular flexibility index (Phi) is 7.07. The van der Waals surface area contributed by atoms with E-state index in [0.717, 1.165) is 61.2 Å².